The van der Waals surface area contributed by atoms with Gasteiger partial charge in [-0.1, -0.05) is 12.1 Å². The maximum atomic E-state index is 12.6. The normalized spacial score (nSPS) is 12.3. The summed E-state index contributed by atoms with van der Waals surface area (Å²) in [6.45, 7) is 0.239. The van der Waals surface area contributed by atoms with Gasteiger partial charge in [-0.3, -0.25) is 4.79 Å². The average molecular weight is 426 g/mol. The molecule has 1 aromatic heterocycles. The number of thioether (sulfide) groups is 1. The van der Waals surface area contributed by atoms with Crippen LogP contribution in [0.1, 0.15) is 17.7 Å². The second kappa shape index (κ2) is 10.1. The third-order valence-electron chi connectivity index (χ3n) is 3.42. The van der Waals surface area contributed by atoms with Gasteiger partial charge >= 0.3 is 6.18 Å². The van der Waals surface area contributed by atoms with Crippen LogP contribution in [0.15, 0.2) is 29.6 Å². The lowest BCUT2D eigenvalue weighted by Crippen LogP contribution is -2.40. The molecule has 0 spiro atoms. The number of hydrogen-bond acceptors (Lipinski definition) is 5. The smallest absolute Gasteiger partial charge is 0.349 e. The summed E-state index contributed by atoms with van der Waals surface area (Å²) in [6.07, 6.45) is -1.81. The Labute approximate surface area is 164 Å². The highest BCUT2D eigenvalue weighted by molar-refractivity contribution is 7.98. The SMILES string of the molecule is CSCC[C@H](N)C(=O)NCc1csc(-c2ccc(C(F)(F)F)cc2)n1.Cl. The van der Waals surface area contributed by atoms with Gasteiger partial charge in [0.25, 0.3) is 0 Å². The summed E-state index contributed by atoms with van der Waals surface area (Å²) in [5, 5.41) is 5.09. The van der Waals surface area contributed by atoms with E-state index >= 15 is 0 Å². The molecular formula is C16H19ClF3N3OS2. The van der Waals surface area contributed by atoms with Crippen LogP contribution >= 0.6 is 35.5 Å². The van der Waals surface area contributed by atoms with Crippen LogP contribution in [0.25, 0.3) is 10.6 Å². The number of rotatable bonds is 7. The van der Waals surface area contributed by atoms with Gasteiger partial charge in [0.2, 0.25) is 5.91 Å². The first-order chi connectivity index (χ1) is 11.8. The predicted octanol–water partition coefficient (Wildman–Crippen LogP) is 3.95. The van der Waals surface area contributed by atoms with Crippen molar-refractivity contribution in [1.29, 1.82) is 0 Å². The summed E-state index contributed by atoms with van der Waals surface area (Å²) >= 11 is 2.94. The molecule has 0 aliphatic heterocycles. The van der Waals surface area contributed by atoms with Crippen LogP contribution < -0.4 is 11.1 Å². The van der Waals surface area contributed by atoms with E-state index in [1.165, 1.54) is 23.5 Å². The van der Waals surface area contributed by atoms with Crippen molar-refractivity contribution in [2.45, 2.75) is 25.2 Å². The highest BCUT2D eigenvalue weighted by Gasteiger charge is 2.30. The number of nitrogens with zero attached hydrogens (tertiary/aromatic N) is 1. The summed E-state index contributed by atoms with van der Waals surface area (Å²) in [6, 6.07) is 4.29. The van der Waals surface area contributed by atoms with E-state index in [4.69, 9.17) is 5.73 Å². The Balaban J connectivity index is 0.00000338. The van der Waals surface area contributed by atoms with Crippen LogP contribution in [-0.2, 0) is 17.5 Å². The number of nitrogens with one attached hydrogen (secondary N) is 1. The fourth-order valence-electron chi connectivity index (χ4n) is 2.01. The summed E-state index contributed by atoms with van der Waals surface area (Å²) in [5.41, 5.74) is 6.33. The van der Waals surface area contributed by atoms with E-state index < -0.39 is 17.8 Å². The summed E-state index contributed by atoms with van der Waals surface area (Å²) in [4.78, 5) is 16.2. The van der Waals surface area contributed by atoms with Gasteiger partial charge in [0.05, 0.1) is 23.8 Å². The van der Waals surface area contributed by atoms with Crippen LogP contribution in [0.3, 0.4) is 0 Å². The lowest BCUT2D eigenvalue weighted by atomic mass is 10.1. The molecule has 1 atom stereocenters. The van der Waals surface area contributed by atoms with E-state index in [1.54, 1.807) is 17.1 Å². The van der Waals surface area contributed by atoms with E-state index in [1.807, 2.05) is 6.26 Å². The molecular weight excluding hydrogens is 407 g/mol. The molecule has 1 heterocycles. The fraction of sp³-hybridized carbons (Fsp3) is 0.375. The van der Waals surface area contributed by atoms with Gasteiger partial charge in [0, 0.05) is 10.9 Å². The Hall–Kier alpha value is -1.29. The van der Waals surface area contributed by atoms with Crippen molar-refractivity contribution in [2.24, 2.45) is 5.73 Å². The monoisotopic (exact) mass is 425 g/mol. The minimum absolute atomic E-state index is 0. The number of carbonyl (C=O) groups is 1. The summed E-state index contributed by atoms with van der Waals surface area (Å²) < 4.78 is 37.7. The molecule has 1 amide bonds. The molecule has 3 N–H and O–H groups in total. The molecule has 0 saturated carbocycles. The van der Waals surface area contributed by atoms with E-state index in [9.17, 15) is 18.0 Å². The number of aromatic nitrogens is 1. The van der Waals surface area contributed by atoms with Gasteiger partial charge in [-0.25, -0.2) is 4.98 Å². The van der Waals surface area contributed by atoms with E-state index in [0.29, 0.717) is 22.7 Å². The number of thiazole rings is 1. The van der Waals surface area contributed by atoms with Gasteiger partial charge in [-0.15, -0.1) is 23.7 Å². The predicted molar refractivity (Wildman–Crippen MR) is 103 cm³/mol. The minimum Gasteiger partial charge on any atom is -0.349 e. The topological polar surface area (TPSA) is 68.0 Å². The highest BCUT2D eigenvalue weighted by atomic mass is 35.5. The standard InChI is InChI=1S/C16H18F3N3OS2.ClH/c1-24-7-6-13(20)14(23)21-8-12-9-25-15(22-12)10-2-4-11(5-3-10)16(17,18)19;/h2-5,9,13H,6-8,20H2,1H3,(H,21,23);1H/t13-;/m0./s1. The van der Waals surface area contributed by atoms with Crippen LogP contribution in [0.4, 0.5) is 13.2 Å². The van der Waals surface area contributed by atoms with Crippen LogP contribution in [0.2, 0.25) is 0 Å². The summed E-state index contributed by atoms with van der Waals surface area (Å²) in [5.74, 6) is 0.571. The fourth-order valence-corrected chi connectivity index (χ4v) is 3.32. The van der Waals surface area contributed by atoms with Crippen molar-refractivity contribution in [2.75, 3.05) is 12.0 Å². The molecule has 26 heavy (non-hydrogen) atoms. The Bertz CT molecular complexity index is 708. The van der Waals surface area contributed by atoms with Crippen molar-refractivity contribution < 1.29 is 18.0 Å². The second-order valence-electron chi connectivity index (χ2n) is 5.32. The van der Waals surface area contributed by atoms with Gasteiger partial charge in [0.1, 0.15) is 5.01 Å². The molecule has 2 aromatic rings. The Morgan fingerprint density at radius 1 is 1.35 bits per heavy atom. The van der Waals surface area contributed by atoms with Crippen LogP contribution in [-0.4, -0.2) is 28.9 Å². The first-order valence-corrected chi connectivity index (χ1v) is 9.73. The molecule has 0 aliphatic carbocycles. The van der Waals surface area contributed by atoms with Gasteiger partial charge < -0.3 is 11.1 Å². The molecule has 10 heteroatoms. The van der Waals surface area contributed by atoms with E-state index in [0.717, 1.165) is 17.9 Å². The molecule has 0 unspecified atom stereocenters. The van der Waals surface area contributed by atoms with Gasteiger partial charge in [0.15, 0.2) is 0 Å². The number of nitrogens with two attached hydrogens (primary N) is 1. The van der Waals surface area contributed by atoms with Crippen LogP contribution in [0, 0.1) is 0 Å². The maximum absolute atomic E-state index is 12.6. The first-order valence-electron chi connectivity index (χ1n) is 7.45. The molecule has 0 aliphatic rings. The summed E-state index contributed by atoms with van der Waals surface area (Å²) in [7, 11) is 0. The maximum Gasteiger partial charge on any atom is 0.416 e. The number of hydrogen-bond donors (Lipinski definition) is 2. The lowest BCUT2D eigenvalue weighted by Gasteiger charge is -2.10. The first kappa shape index (κ1) is 22.8. The number of alkyl halides is 3. The van der Waals surface area contributed by atoms with Crippen molar-refractivity contribution in [3.05, 3.63) is 40.9 Å². The molecule has 0 radical (unpaired) electrons. The number of benzene rings is 1. The lowest BCUT2D eigenvalue weighted by molar-refractivity contribution is -0.137. The van der Waals surface area contributed by atoms with E-state index in [-0.39, 0.29) is 24.9 Å². The minimum atomic E-state index is -4.36. The Kier molecular flexibility index (Phi) is 8.88. The Morgan fingerprint density at radius 2 is 2.00 bits per heavy atom. The zero-order valence-corrected chi connectivity index (χ0v) is 16.3. The molecule has 4 nitrogen and oxygen atoms in total. The zero-order valence-electron chi connectivity index (χ0n) is 13.9. The molecule has 2 rings (SSSR count). The molecule has 144 valence electrons. The van der Waals surface area contributed by atoms with Gasteiger partial charge in [-0.2, -0.15) is 24.9 Å². The van der Waals surface area contributed by atoms with Crippen molar-refractivity contribution in [3.8, 4) is 10.6 Å². The van der Waals surface area contributed by atoms with Crippen molar-refractivity contribution in [1.82, 2.24) is 10.3 Å². The average Bonchev–Trinajstić information content (AvgIpc) is 3.05. The second-order valence-corrected chi connectivity index (χ2v) is 7.17. The third-order valence-corrected chi connectivity index (χ3v) is 5.01. The number of carbonyl (C=O) groups excluding carboxylic acids is 1. The molecule has 1 aromatic carbocycles. The van der Waals surface area contributed by atoms with Crippen LogP contribution in [0.5, 0.6) is 0 Å². The largest absolute Gasteiger partial charge is 0.416 e. The zero-order chi connectivity index (χ0) is 18.4. The molecule has 0 fully saturated rings. The third kappa shape index (κ3) is 6.46. The quantitative estimate of drug-likeness (QED) is 0.704. The number of halogens is 4. The highest BCUT2D eigenvalue weighted by Crippen LogP contribution is 2.31. The van der Waals surface area contributed by atoms with Gasteiger partial charge in [-0.05, 0) is 30.6 Å². The van der Waals surface area contributed by atoms with Crippen molar-refractivity contribution in [3.63, 3.8) is 0 Å². The molecule has 0 saturated heterocycles. The van der Waals surface area contributed by atoms with Crippen molar-refractivity contribution >= 4 is 41.4 Å². The molecule has 0 bridgehead atoms. The Morgan fingerprint density at radius 3 is 2.58 bits per heavy atom. The number of amides is 1. The van der Waals surface area contributed by atoms with E-state index in [2.05, 4.69) is 10.3 Å².